The number of rotatable bonds is 3. The van der Waals surface area contributed by atoms with Crippen molar-refractivity contribution < 1.29 is 4.74 Å². The smallest absolute Gasteiger partial charge is 0.122 e. The quantitative estimate of drug-likeness (QED) is 0.717. The van der Waals surface area contributed by atoms with Gasteiger partial charge in [-0.3, -0.25) is 0 Å². The van der Waals surface area contributed by atoms with Gasteiger partial charge in [0.25, 0.3) is 0 Å². The van der Waals surface area contributed by atoms with Crippen LogP contribution < -0.4 is 4.74 Å². The van der Waals surface area contributed by atoms with Gasteiger partial charge in [0.1, 0.15) is 5.75 Å². The van der Waals surface area contributed by atoms with Crippen molar-refractivity contribution in [3.05, 3.63) is 29.8 Å². The molecule has 18 heavy (non-hydrogen) atoms. The first-order valence-electron chi connectivity index (χ1n) is 7.11. The lowest BCUT2D eigenvalue weighted by atomic mass is 9.69. The van der Waals surface area contributed by atoms with Gasteiger partial charge < -0.3 is 4.74 Å². The second kappa shape index (κ2) is 5.13. The topological polar surface area (TPSA) is 9.23 Å². The van der Waals surface area contributed by atoms with Gasteiger partial charge in [0, 0.05) is 17.4 Å². The molecular formula is C16H21ClO. The van der Waals surface area contributed by atoms with E-state index in [9.17, 15) is 0 Å². The lowest BCUT2D eigenvalue weighted by molar-refractivity contribution is 0.177. The molecule has 3 rings (SSSR count). The molecule has 2 heteroatoms. The van der Waals surface area contributed by atoms with Crippen molar-refractivity contribution >= 4 is 11.6 Å². The van der Waals surface area contributed by atoms with Gasteiger partial charge in [-0.15, -0.1) is 11.6 Å². The van der Waals surface area contributed by atoms with Crippen molar-refractivity contribution in [1.29, 1.82) is 0 Å². The Morgan fingerprint density at radius 2 is 1.94 bits per heavy atom. The summed E-state index contributed by atoms with van der Waals surface area (Å²) in [6, 6.07) is 8.48. The van der Waals surface area contributed by atoms with E-state index in [0.29, 0.717) is 11.3 Å². The van der Waals surface area contributed by atoms with Gasteiger partial charge in [-0.25, -0.2) is 0 Å². The Balaban J connectivity index is 1.77. The fourth-order valence-electron chi connectivity index (χ4n) is 3.62. The number of hydrogen-bond donors (Lipinski definition) is 0. The molecule has 1 atom stereocenters. The first-order valence-corrected chi connectivity index (χ1v) is 7.64. The van der Waals surface area contributed by atoms with E-state index in [1.165, 1.54) is 44.1 Å². The summed E-state index contributed by atoms with van der Waals surface area (Å²) in [7, 11) is 0. The van der Waals surface area contributed by atoms with Crippen molar-refractivity contribution in [2.24, 2.45) is 5.41 Å². The molecule has 1 aliphatic heterocycles. The van der Waals surface area contributed by atoms with Crippen LogP contribution in [0.1, 0.15) is 50.0 Å². The third-order valence-electron chi connectivity index (χ3n) is 4.68. The monoisotopic (exact) mass is 264 g/mol. The molecule has 1 nitrogen and oxygen atoms in total. The van der Waals surface area contributed by atoms with E-state index in [2.05, 4.69) is 24.3 Å². The molecular weight excluding hydrogens is 244 g/mol. The summed E-state index contributed by atoms with van der Waals surface area (Å²) in [5.74, 6) is 2.45. The number of fused-ring (bicyclic) bond motifs is 1. The van der Waals surface area contributed by atoms with Crippen molar-refractivity contribution in [2.45, 2.75) is 44.4 Å². The van der Waals surface area contributed by atoms with Crippen LogP contribution in [-0.2, 0) is 0 Å². The van der Waals surface area contributed by atoms with Crippen molar-refractivity contribution in [3.8, 4) is 5.75 Å². The van der Waals surface area contributed by atoms with Crippen LogP contribution in [0.15, 0.2) is 24.3 Å². The van der Waals surface area contributed by atoms with E-state index in [4.69, 9.17) is 16.3 Å². The highest BCUT2D eigenvalue weighted by Crippen LogP contribution is 2.47. The van der Waals surface area contributed by atoms with Crippen LogP contribution in [-0.4, -0.2) is 12.5 Å². The number of halogens is 1. The molecule has 1 heterocycles. The van der Waals surface area contributed by atoms with Gasteiger partial charge in [-0.2, -0.15) is 0 Å². The average Bonchev–Trinajstić information content (AvgIpc) is 2.83. The Kier molecular flexibility index (Phi) is 3.52. The summed E-state index contributed by atoms with van der Waals surface area (Å²) in [5.41, 5.74) is 1.76. The molecule has 1 unspecified atom stereocenters. The minimum absolute atomic E-state index is 0.366. The van der Waals surface area contributed by atoms with Crippen LogP contribution in [0.25, 0.3) is 0 Å². The zero-order chi connectivity index (χ0) is 12.4. The third kappa shape index (κ3) is 2.25. The van der Waals surface area contributed by atoms with Gasteiger partial charge in [-0.1, -0.05) is 37.5 Å². The number of ether oxygens (including phenoxy) is 1. The van der Waals surface area contributed by atoms with E-state index in [0.717, 1.165) is 18.2 Å². The predicted molar refractivity (Wildman–Crippen MR) is 75.5 cm³/mol. The maximum absolute atomic E-state index is 6.30. The second-order valence-electron chi connectivity index (χ2n) is 5.94. The molecule has 1 aromatic rings. The highest BCUT2D eigenvalue weighted by Gasteiger charge is 2.36. The molecule has 1 aliphatic carbocycles. The maximum atomic E-state index is 6.30. The normalized spacial score (nSPS) is 25.5. The van der Waals surface area contributed by atoms with Gasteiger partial charge in [0.05, 0.1) is 6.61 Å². The summed E-state index contributed by atoms with van der Waals surface area (Å²) < 4.78 is 5.80. The van der Waals surface area contributed by atoms with Gasteiger partial charge >= 0.3 is 0 Å². The minimum atomic E-state index is 0.366. The van der Waals surface area contributed by atoms with Crippen LogP contribution in [0.4, 0.5) is 0 Å². The highest BCUT2D eigenvalue weighted by molar-refractivity contribution is 6.18. The van der Waals surface area contributed by atoms with E-state index in [1.54, 1.807) is 0 Å². The Bertz CT molecular complexity index is 409. The van der Waals surface area contributed by atoms with Crippen molar-refractivity contribution in [1.82, 2.24) is 0 Å². The zero-order valence-corrected chi connectivity index (χ0v) is 11.6. The first-order chi connectivity index (χ1) is 8.83. The first kappa shape index (κ1) is 12.3. The molecule has 0 N–H and O–H groups in total. The molecule has 0 bridgehead atoms. The zero-order valence-electron chi connectivity index (χ0n) is 10.8. The molecule has 2 aliphatic rings. The largest absolute Gasteiger partial charge is 0.493 e. The molecule has 0 amide bonds. The number of alkyl halides is 1. The Morgan fingerprint density at radius 3 is 2.72 bits per heavy atom. The second-order valence-corrected chi connectivity index (χ2v) is 6.21. The Morgan fingerprint density at radius 1 is 1.17 bits per heavy atom. The van der Waals surface area contributed by atoms with Crippen molar-refractivity contribution in [2.75, 3.05) is 12.5 Å². The SMILES string of the molecule is ClCC1(CC2COc3ccccc32)CCCCC1. The maximum Gasteiger partial charge on any atom is 0.122 e. The van der Waals surface area contributed by atoms with Crippen LogP contribution in [0.5, 0.6) is 5.75 Å². The van der Waals surface area contributed by atoms with Crippen LogP contribution in [0, 0.1) is 5.41 Å². The van der Waals surface area contributed by atoms with Gasteiger partial charge in [0.15, 0.2) is 0 Å². The van der Waals surface area contributed by atoms with E-state index in [1.807, 2.05) is 0 Å². The molecule has 98 valence electrons. The van der Waals surface area contributed by atoms with Crippen LogP contribution >= 0.6 is 11.6 Å². The molecule has 0 aromatic heterocycles. The fourth-order valence-corrected chi connectivity index (χ4v) is 3.99. The minimum Gasteiger partial charge on any atom is -0.493 e. The average molecular weight is 265 g/mol. The van der Waals surface area contributed by atoms with E-state index < -0.39 is 0 Å². The molecule has 0 saturated heterocycles. The summed E-state index contributed by atoms with van der Waals surface area (Å²) >= 11 is 6.30. The molecule has 0 spiro atoms. The lowest BCUT2D eigenvalue weighted by Crippen LogP contribution is -2.28. The Hall–Kier alpha value is -0.690. The summed E-state index contributed by atoms with van der Waals surface area (Å²) in [4.78, 5) is 0. The van der Waals surface area contributed by atoms with Crippen LogP contribution in [0.2, 0.25) is 0 Å². The Labute approximate surface area is 114 Å². The third-order valence-corrected chi connectivity index (χ3v) is 5.24. The molecule has 1 aromatic carbocycles. The fraction of sp³-hybridized carbons (Fsp3) is 0.625. The van der Waals surface area contributed by atoms with E-state index >= 15 is 0 Å². The highest BCUT2D eigenvalue weighted by atomic mass is 35.5. The molecule has 1 fully saturated rings. The standard InChI is InChI=1S/C16H21ClO/c17-12-16(8-4-1-5-9-16)10-13-11-18-15-7-3-2-6-14(13)15/h2-3,6-7,13H,1,4-5,8-12H2. The summed E-state index contributed by atoms with van der Waals surface area (Å²) in [6.07, 6.45) is 7.89. The van der Waals surface area contributed by atoms with E-state index in [-0.39, 0.29) is 0 Å². The number of para-hydroxylation sites is 1. The van der Waals surface area contributed by atoms with Gasteiger partial charge in [-0.05, 0) is 30.7 Å². The van der Waals surface area contributed by atoms with Crippen LogP contribution in [0.3, 0.4) is 0 Å². The number of hydrogen-bond acceptors (Lipinski definition) is 1. The number of benzene rings is 1. The summed E-state index contributed by atoms with van der Waals surface area (Å²) in [6.45, 7) is 0.845. The molecule has 0 radical (unpaired) electrons. The molecule has 1 saturated carbocycles. The van der Waals surface area contributed by atoms with Crippen molar-refractivity contribution in [3.63, 3.8) is 0 Å². The summed E-state index contributed by atoms with van der Waals surface area (Å²) in [5, 5.41) is 0. The predicted octanol–water partition coefficient (Wildman–Crippen LogP) is 4.74. The lowest BCUT2D eigenvalue weighted by Gasteiger charge is -2.37. The van der Waals surface area contributed by atoms with Gasteiger partial charge in [0.2, 0.25) is 0 Å².